The molecular formula is C14H17ClFN3O. The largest absolute Gasteiger partial charge is 0.339 e. The number of nitrogens with zero attached hydrogens (tertiary/aromatic N) is 2. The van der Waals surface area contributed by atoms with Gasteiger partial charge in [-0.05, 0) is 23.6 Å². The van der Waals surface area contributed by atoms with Gasteiger partial charge in [0.2, 0.25) is 5.89 Å². The summed E-state index contributed by atoms with van der Waals surface area (Å²) in [6, 6.07) is 4.25. The molecule has 1 aromatic carbocycles. The van der Waals surface area contributed by atoms with E-state index in [0.29, 0.717) is 35.6 Å². The first-order valence-electron chi connectivity index (χ1n) is 6.47. The van der Waals surface area contributed by atoms with Crippen molar-refractivity contribution in [2.24, 2.45) is 11.7 Å². The van der Waals surface area contributed by atoms with Crippen molar-refractivity contribution >= 4 is 11.6 Å². The van der Waals surface area contributed by atoms with E-state index in [1.165, 1.54) is 12.1 Å². The normalized spacial score (nSPS) is 12.9. The Labute approximate surface area is 122 Å². The fraction of sp³-hybridized carbons (Fsp3) is 0.429. The molecule has 1 unspecified atom stereocenters. The molecule has 2 aromatic rings. The summed E-state index contributed by atoms with van der Waals surface area (Å²) in [7, 11) is 0. The van der Waals surface area contributed by atoms with Gasteiger partial charge in [-0.2, -0.15) is 4.98 Å². The maximum absolute atomic E-state index is 13.0. The van der Waals surface area contributed by atoms with Crippen LogP contribution in [0.25, 0.3) is 0 Å². The van der Waals surface area contributed by atoms with Crippen LogP contribution in [0.2, 0.25) is 5.02 Å². The molecule has 0 aliphatic heterocycles. The van der Waals surface area contributed by atoms with Crippen molar-refractivity contribution in [3.8, 4) is 0 Å². The second-order valence-corrected chi connectivity index (χ2v) is 5.45. The fourth-order valence-electron chi connectivity index (χ4n) is 1.98. The van der Waals surface area contributed by atoms with E-state index in [-0.39, 0.29) is 11.7 Å². The average molecular weight is 298 g/mol. The van der Waals surface area contributed by atoms with Gasteiger partial charge in [-0.15, -0.1) is 0 Å². The minimum Gasteiger partial charge on any atom is -0.339 e. The van der Waals surface area contributed by atoms with Gasteiger partial charge in [0.1, 0.15) is 5.82 Å². The second-order valence-electron chi connectivity index (χ2n) is 5.05. The van der Waals surface area contributed by atoms with Crippen LogP contribution in [0.15, 0.2) is 22.7 Å². The summed E-state index contributed by atoms with van der Waals surface area (Å²) in [6.07, 6.45) is 0.401. The first kappa shape index (κ1) is 14.9. The quantitative estimate of drug-likeness (QED) is 0.920. The van der Waals surface area contributed by atoms with Crippen molar-refractivity contribution in [1.82, 2.24) is 10.1 Å². The van der Waals surface area contributed by atoms with Crippen molar-refractivity contribution in [2.75, 3.05) is 6.54 Å². The summed E-state index contributed by atoms with van der Waals surface area (Å²) < 4.78 is 18.2. The molecule has 0 bridgehead atoms. The summed E-state index contributed by atoms with van der Waals surface area (Å²) in [5.74, 6) is 1.06. The second kappa shape index (κ2) is 6.33. The molecular weight excluding hydrogens is 281 g/mol. The number of rotatable bonds is 5. The Balaban J connectivity index is 2.17. The molecule has 1 heterocycles. The molecule has 4 nitrogen and oxygen atoms in total. The third-order valence-corrected chi connectivity index (χ3v) is 3.58. The highest BCUT2D eigenvalue weighted by atomic mass is 35.5. The Morgan fingerprint density at radius 1 is 1.40 bits per heavy atom. The molecule has 0 fully saturated rings. The van der Waals surface area contributed by atoms with Crippen LogP contribution in [0.4, 0.5) is 4.39 Å². The molecule has 0 amide bonds. The zero-order valence-electron chi connectivity index (χ0n) is 11.4. The molecule has 0 aliphatic rings. The highest BCUT2D eigenvalue weighted by molar-refractivity contribution is 6.31. The molecule has 0 aliphatic carbocycles. The minimum atomic E-state index is -0.365. The predicted octanol–water partition coefficient (Wildman–Crippen LogP) is 3.15. The monoisotopic (exact) mass is 297 g/mol. The molecule has 0 spiro atoms. The maximum Gasteiger partial charge on any atom is 0.231 e. The van der Waals surface area contributed by atoms with Crippen LogP contribution in [-0.4, -0.2) is 16.7 Å². The van der Waals surface area contributed by atoms with Crippen LogP contribution in [0.1, 0.15) is 37.0 Å². The zero-order chi connectivity index (χ0) is 14.7. The van der Waals surface area contributed by atoms with Gasteiger partial charge in [-0.1, -0.05) is 36.7 Å². The Hall–Kier alpha value is -1.46. The first-order chi connectivity index (χ1) is 9.51. The van der Waals surface area contributed by atoms with E-state index in [1.54, 1.807) is 6.07 Å². The summed E-state index contributed by atoms with van der Waals surface area (Å²) in [5, 5.41) is 4.29. The Bertz CT molecular complexity index is 586. The Kier molecular flexibility index (Phi) is 4.73. The van der Waals surface area contributed by atoms with E-state index in [2.05, 4.69) is 24.0 Å². The third kappa shape index (κ3) is 3.35. The lowest BCUT2D eigenvalue weighted by Gasteiger charge is -2.13. The Morgan fingerprint density at radius 2 is 2.15 bits per heavy atom. The lowest BCUT2D eigenvalue weighted by Crippen LogP contribution is -2.18. The maximum atomic E-state index is 13.0. The van der Waals surface area contributed by atoms with Gasteiger partial charge >= 0.3 is 0 Å². The third-order valence-electron chi connectivity index (χ3n) is 3.22. The Morgan fingerprint density at radius 3 is 2.75 bits per heavy atom. The van der Waals surface area contributed by atoms with Crippen LogP contribution >= 0.6 is 11.6 Å². The fourth-order valence-corrected chi connectivity index (χ4v) is 2.22. The number of benzene rings is 1. The minimum absolute atomic E-state index is 0.0416. The molecule has 20 heavy (non-hydrogen) atoms. The molecule has 2 rings (SSSR count). The van der Waals surface area contributed by atoms with E-state index in [0.717, 1.165) is 5.56 Å². The van der Waals surface area contributed by atoms with Gasteiger partial charge in [0.15, 0.2) is 5.82 Å². The van der Waals surface area contributed by atoms with E-state index in [1.807, 2.05) is 0 Å². The first-order valence-corrected chi connectivity index (χ1v) is 6.85. The van der Waals surface area contributed by atoms with Crippen LogP contribution in [-0.2, 0) is 6.42 Å². The van der Waals surface area contributed by atoms with Crippen molar-refractivity contribution in [2.45, 2.75) is 26.2 Å². The van der Waals surface area contributed by atoms with Crippen molar-refractivity contribution in [1.29, 1.82) is 0 Å². The van der Waals surface area contributed by atoms with Crippen molar-refractivity contribution in [3.05, 3.63) is 46.3 Å². The molecule has 0 radical (unpaired) electrons. The van der Waals surface area contributed by atoms with Crippen LogP contribution in [0.3, 0.4) is 0 Å². The highest BCUT2D eigenvalue weighted by Gasteiger charge is 2.21. The van der Waals surface area contributed by atoms with Crippen molar-refractivity contribution in [3.63, 3.8) is 0 Å². The molecule has 1 aromatic heterocycles. The predicted molar refractivity (Wildman–Crippen MR) is 75.1 cm³/mol. The number of hydrogen-bond donors (Lipinski definition) is 1. The highest BCUT2D eigenvalue weighted by Crippen LogP contribution is 2.23. The zero-order valence-corrected chi connectivity index (χ0v) is 12.2. The van der Waals surface area contributed by atoms with Gasteiger partial charge in [0.25, 0.3) is 0 Å². The van der Waals surface area contributed by atoms with E-state index in [4.69, 9.17) is 21.9 Å². The van der Waals surface area contributed by atoms with Gasteiger partial charge in [0.05, 0.1) is 5.92 Å². The standard InChI is InChI=1S/C14H17ClFN3O/c1-8(2)11(7-17)14-18-13(19-20-14)5-9-3-4-10(16)6-12(9)15/h3-4,6,8,11H,5,7,17H2,1-2H3. The van der Waals surface area contributed by atoms with Crippen LogP contribution in [0.5, 0.6) is 0 Å². The summed E-state index contributed by atoms with van der Waals surface area (Å²) in [4.78, 5) is 4.35. The molecule has 108 valence electrons. The molecule has 2 N–H and O–H groups in total. The molecule has 0 saturated heterocycles. The lowest BCUT2D eigenvalue weighted by atomic mass is 9.96. The molecule has 6 heteroatoms. The number of nitrogens with two attached hydrogens (primary N) is 1. The van der Waals surface area contributed by atoms with Gasteiger partial charge in [-0.25, -0.2) is 4.39 Å². The number of halogens is 2. The van der Waals surface area contributed by atoms with Gasteiger partial charge in [-0.3, -0.25) is 0 Å². The van der Waals surface area contributed by atoms with Crippen molar-refractivity contribution < 1.29 is 8.91 Å². The van der Waals surface area contributed by atoms with E-state index >= 15 is 0 Å². The molecule has 1 atom stereocenters. The number of aromatic nitrogens is 2. The molecule has 0 saturated carbocycles. The average Bonchev–Trinajstić information content (AvgIpc) is 2.81. The summed E-state index contributed by atoms with van der Waals surface area (Å²) >= 11 is 5.98. The summed E-state index contributed by atoms with van der Waals surface area (Å²) in [5.41, 5.74) is 6.48. The SMILES string of the molecule is CC(C)C(CN)c1nc(Cc2ccc(F)cc2Cl)no1. The van der Waals surface area contributed by atoms with Crippen LogP contribution < -0.4 is 5.73 Å². The smallest absolute Gasteiger partial charge is 0.231 e. The van der Waals surface area contributed by atoms with E-state index < -0.39 is 0 Å². The van der Waals surface area contributed by atoms with E-state index in [9.17, 15) is 4.39 Å². The van der Waals surface area contributed by atoms with Gasteiger partial charge in [0, 0.05) is 18.0 Å². The topological polar surface area (TPSA) is 64.9 Å². The number of hydrogen-bond acceptors (Lipinski definition) is 4. The lowest BCUT2D eigenvalue weighted by molar-refractivity contribution is 0.322. The summed E-state index contributed by atoms with van der Waals surface area (Å²) in [6.45, 7) is 4.56. The van der Waals surface area contributed by atoms with Gasteiger partial charge < -0.3 is 10.3 Å². The van der Waals surface area contributed by atoms with Crippen LogP contribution in [0, 0.1) is 11.7 Å².